The molecule has 10 heteroatoms. The molecule has 0 spiro atoms. The van der Waals surface area contributed by atoms with Gasteiger partial charge in [0.25, 0.3) is 5.56 Å². The summed E-state index contributed by atoms with van der Waals surface area (Å²) < 4.78 is 26.1. The molecule has 1 saturated heterocycles. The maximum atomic E-state index is 13.4. The van der Waals surface area contributed by atoms with Crippen molar-refractivity contribution < 1.29 is 13.9 Å². The molecule has 2 aliphatic heterocycles. The number of tetrazole rings is 1. The number of nitrogens with zero attached hydrogens (tertiary/aromatic N) is 5. The molecule has 1 fully saturated rings. The third kappa shape index (κ3) is 4.14. The van der Waals surface area contributed by atoms with E-state index in [1.807, 2.05) is 12.1 Å². The lowest BCUT2D eigenvalue weighted by atomic mass is 9.95. The van der Waals surface area contributed by atoms with E-state index in [9.17, 15) is 9.18 Å². The van der Waals surface area contributed by atoms with Crippen LogP contribution in [-0.2, 0) is 6.54 Å². The Morgan fingerprint density at radius 1 is 1.11 bits per heavy atom. The zero-order valence-electron chi connectivity index (χ0n) is 19.3. The molecular weight excluding hydrogens is 451 g/mol. The van der Waals surface area contributed by atoms with Crippen molar-refractivity contribution in [3.63, 3.8) is 0 Å². The first-order valence-electron chi connectivity index (χ1n) is 11.8. The molecule has 1 unspecified atom stereocenters. The number of H-pyrrole nitrogens is 1. The average molecular weight is 477 g/mol. The Labute approximate surface area is 200 Å². The van der Waals surface area contributed by atoms with Gasteiger partial charge in [-0.2, -0.15) is 0 Å². The summed E-state index contributed by atoms with van der Waals surface area (Å²) in [5.74, 6) is 2.17. The van der Waals surface area contributed by atoms with E-state index < -0.39 is 6.04 Å². The van der Waals surface area contributed by atoms with Crippen LogP contribution in [0.25, 0.3) is 10.9 Å². The minimum atomic E-state index is -0.434. The second-order valence-electron chi connectivity index (χ2n) is 9.29. The first-order chi connectivity index (χ1) is 17.0. The molecule has 1 N–H and O–H groups in total. The Morgan fingerprint density at radius 3 is 2.63 bits per heavy atom. The molecule has 0 amide bonds. The highest BCUT2D eigenvalue weighted by Gasteiger charge is 2.32. The van der Waals surface area contributed by atoms with E-state index in [2.05, 4.69) is 32.3 Å². The maximum absolute atomic E-state index is 13.4. The number of ether oxygens (including phenoxy) is 2. The number of aromatic amines is 1. The fourth-order valence-electron chi connectivity index (χ4n) is 4.88. The van der Waals surface area contributed by atoms with Crippen molar-refractivity contribution in [1.82, 2.24) is 30.1 Å². The monoisotopic (exact) mass is 476 g/mol. The van der Waals surface area contributed by atoms with Gasteiger partial charge in [-0.1, -0.05) is 19.1 Å². The summed E-state index contributed by atoms with van der Waals surface area (Å²) in [6.45, 7) is 4.43. The lowest BCUT2D eigenvalue weighted by molar-refractivity contribution is 0.149. The van der Waals surface area contributed by atoms with Crippen LogP contribution in [0.4, 0.5) is 4.39 Å². The average Bonchev–Trinajstić information content (AvgIpc) is 3.50. The summed E-state index contributed by atoms with van der Waals surface area (Å²) in [4.78, 5) is 18.7. The number of pyridine rings is 1. The van der Waals surface area contributed by atoms with Gasteiger partial charge in [-0.3, -0.25) is 9.69 Å². The summed E-state index contributed by atoms with van der Waals surface area (Å²) in [5, 5.41) is 13.4. The van der Waals surface area contributed by atoms with Crippen molar-refractivity contribution in [3.8, 4) is 11.5 Å². The van der Waals surface area contributed by atoms with Crippen LogP contribution in [0.5, 0.6) is 11.5 Å². The van der Waals surface area contributed by atoms with Crippen molar-refractivity contribution in [2.24, 2.45) is 5.92 Å². The van der Waals surface area contributed by atoms with E-state index in [0.29, 0.717) is 40.9 Å². The van der Waals surface area contributed by atoms with Crippen LogP contribution in [0.15, 0.2) is 47.3 Å². The van der Waals surface area contributed by atoms with E-state index >= 15 is 0 Å². The number of hydrogen-bond donors (Lipinski definition) is 1. The molecule has 4 heterocycles. The standard InChI is InChI=1S/C25H25FN6O3/c1-15-6-8-31(9-7-15)23(24-28-29-30-32(24)13-16-2-4-18(26)5-3-16)19-10-17-11-21-22(35-14-34-21)12-20(17)27-25(19)33/h2-5,10-12,15,23H,6-9,13-14H2,1H3,(H,27,33). The number of rotatable bonds is 5. The summed E-state index contributed by atoms with van der Waals surface area (Å²) >= 11 is 0. The zero-order chi connectivity index (χ0) is 23.9. The van der Waals surface area contributed by atoms with Gasteiger partial charge in [-0.05, 0) is 72.1 Å². The SMILES string of the molecule is CC1CCN(C(c2cc3cc4c(cc3[nH]c2=O)OCO4)c2nnnn2Cc2ccc(F)cc2)CC1. The van der Waals surface area contributed by atoms with Crippen LogP contribution in [-0.4, -0.2) is 50.0 Å². The number of halogens is 1. The zero-order valence-corrected chi connectivity index (χ0v) is 19.3. The van der Waals surface area contributed by atoms with Crippen molar-refractivity contribution in [2.45, 2.75) is 32.4 Å². The molecule has 35 heavy (non-hydrogen) atoms. The molecule has 0 aliphatic carbocycles. The Hall–Kier alpha value is -3.79. The molecule has 1 atom stereocenters. The third-order valence-electron chi connectivity index (χ3n) is 6.89. The first-order valence-corrected chi connectivity index (χ1v) is 11.8. The summed E-state index contributed by atoms with van der Waals surface area (Å²) in [6, 6.07) is 11.4. The van der Waals surface area contributed by atoms with E-state index in [0.717, 1.165) is 36.9 Å². The molecular formula is C25H25FN6O3. The highest BCUT2D eigenvalue weighted by Crippen LogP contribution is 2.37. The summed E-state index contributed by atoms with van der Waals surface area (Å²) in [5.41, 5.74) is 1.92. The van der Waals surface area contributed by atoms with E-state index in [-0.39, 0.29) is 18.2 Å². The highest BCUT2D eigenvalue weighted by atomic mass is 19.1. The molecule has 2 aromatic heterocycles. The van der Waals surface area contributed by atoms with Gasteiger partial charge in [0.15, 0.2) is 17.3 Å². The molecule has 2 aliphatic rings. The Bertz CT molecular complexity index is 1430. The predicted molar refractivity (Wildman–Crippen MR) is 126 cm³/mol. The van der Waals surface area contributed by atoms with Crippen LogP contribution in [0.3, 0.4) is 0 Å². The lowest BCUT2D eigenvalue weighted by Crippen LogP contribution is -2.40. The molecule has 2 aromatic carbocycles. The maximum Gasteiger partial charge on any atom is 0.253 e. The molecule has 4 aromatic rings. The van der Waals surface area contributed by atoms with Gasteiger partial charge in [0.05, 0.1) is 12.1 Å². The Morgan fingerprint density at radius 2 is 1.86 bits per heavy atom. The van der Waals surface area contributed by atoms with Crippen LogP contribution in [0, 0.1) is 11.7 Å². The van der Waals surface area contributed by atoms with Crippen LogP contribution < -0.4 is 15.0 Å². The van der Waals surface area contributed by atoms with Crippen LogP contribution in [0.1, 0.15) is 42.8 Å². The molecule has 0 radical (unpaired) electrons. The van der Waals surface area contributed by atoms with Gasteiger partial charge >= 0.3 is 0 Å². The largest absolute Gasteiger partial charge is 0.454 e. The molecule has 9 nitrogen and oxygen atoms in total. The van der Waals surface area contributed by atoms with E-state index in [1.54, 1.807) is 22.9 Å². The summed E-state index contributed by atoms with van der Waals surface area (Å²) in [7, 11) is 0. The number of fused-ring (bicyclic) bond motifs is 2. The van der Waals surface area contributed by atoms with Gasteiger partial charge < -0.3 is 14.5 Å². The highest BCUT2D eigenvalue weighted by molar-refractivity contribution is 5.83. The number of piperidine rings is 1. The number of likely N-dealkylation sites (tertiary alicyclic amines) is 1. The fraction of sp³-hybridized carbons (Fsp3) is 0.360. The smallest absolute Gasteiger partial charge is 0.253 e. The third-order valence-corrected chi connectivity index (χ3v) is 6.89. The first kappa shape index (κ1) is 21.7. The second kappa shape index (κ2) is 8.77. The normalized spacial score (nSPS) is 17.2. The Balaban J connectivity index is 1.45. The van der Waals surface area contributed by atoms with Crippen LogP contribution in [0.2, 0.25) is 0 Å². The van der Waals surface area contributed by atoms with Gasteiger partial charge in [-0.15, -0.1) is 5.10 Å². The number of aromatic nitrogens is 5. The minimum Gasteiger partial charge on any atom is -0.454 e. The van der Waals surface area contributed by atoms with Crippen molar-refractivity contribution in [1.29, 1.82) is 0 Å². The number of nitrogens with one attached hydrogen (secondary N) is 1. The van der Waals surface area contributed by atoms with Gasteiger partial charge in [0.2, 0.25) is 6.79 Å². The van der Waals surface area contributed by atoms with Gasteiger partial charge in [0.1, 0.15) is 11.9 Å². The minimum absolute atomic E-state index is 0.162. The van der Waals surface area contributed by atoms with Crippen molar-refractivity contribution >= 4 is 10.9 Å². The predicted octanol–water partition coefficient (Wildman–Crippen LogP) is 3.25. The molecule has 6 rings (SSSR count). The molecule has 180 valence electrons. The second-order valence-corrected chi connectivity index (χ2v) is 9.29. The number of benzene rings is 2. The van der Waals surface area contributed by atoms with E-state index in [4.69, 9.17) is 9.47 Å². The topological polar surface area (TPSA) is 98.2 Å². The Kier molecular flexibility index (Phi) is 5.44. The van der Waals surface area contributed by atoms with Gasteiger partial charge in [-0.25, -0.2) is 9.07 Å². The quantitative estimate of drug-likeness (QED) is 0.472. The summed E-state index contributed by atoms with van der Waals surface area (Å²) in [6.07, 6.45) is 2.06. The number of hydrogen-bond acceptors (Lipinski definition) is 7. The van der Waals surface area contributed by atoms with Crippen molar-refractivity contribution in [2.75, 3.05) is 19.9 Å². The molecule has 0 saturated carbocycles. The van der Waals surface area contributed by atoms with Gasteiger partial charge in [0, 0.05) is 17.0 Å². The fourth-order valence-corrected chi connectivity index (χ4v) is 4.88. The van der Waals surface area contributed by atoms with Crippen molar-refractivity contribution in [3.05, 3.63) is 75.6 Å². The van der Waals surface area contributed by atoms with Crippen LogP contribution >= 0.6 is 0 Å². The molecule has 0 bridgehead atoms. The lowest BCUT2D eigenvalue weighted by Gasteiger charge is -2.35. The van der Waals surface area contributed by atoms with E-state index in [1.165, 1.54) is 12.1 Å².